The van der Waals surface area contributed by atoms with E-state index in [1.807, 2.05) is 19.1 Å². The number of halogens is 1. The average molecular weight is 588 g/mol. The van der Waals surface area contributed by atoms with E-state index >= 15 is 0 Å². The predicted molar refractivity (Wildman–Crippen MR) is 165 cm³/mol. The molecule has 42 heavy (non-hydrogen) atoms. The number of benzene rings is 4. The number of nitrogens with one attached hydrogen (secondary N) is 1. The zero-order chi connectivity index (χ0) is 30.0. The van der Waals surface area contributed by atoms with Crippen molar-refractivity contribution in [1.82, 2.24) is 0 Å². The standard InChI is InChI=1S/C34H34FNO5S/c1-21-10-11-23(35)16-31(21)40-20-29-27(14-15-30-33(29)22(2)19-34(3,4)36-30)28-13-12-25(18-32(28)39-6)41-42(37)26-9-7-8-24(17-26)38-5/h7-19,36H,20H2,1-6H3. The van der Waals surface area contributed by atoms with Crippen LogP contribution in [0.4, 0.5) is 10.1 Å². The lowest BCUT2D eigenvalue weighted by Crippen LogP contribution is -2.32. The number of rotatable bonds is 9. The van der Waals surface area contributed by atoms with Crippen LogP contribution in [0.25, 0.3) is 16.7 Å². The van der Waals surface area contributed by atoms with Gasteiger partial charge in [-0.3, -0.25) is 0 Å². The van der Waals surface area contributed by atoms with Gasteiger partial charge in [-0.2, -0.15) is 0 Å². The molecule has 5 rings (SSSR count). The van der Waals surface area contributed by atoms with Gasteiger partial charge in [-0.1, -0.05) is 24.3 Å². The quantitative estimate of drug-likeness (QED) is 0.213. The molecule has 0 fully saturated rings. The fourth-order valence-electron chi connectivity index (χ4n) is 5.27. The fraction of sp³-hybridized carbons (Fsp3) is 0.235. The molecule has 1 heterocycles. The number of aryl methyl sites for hydroxylation is 1. The first-order valence-corrected chi connectivity index (χ1v) is 14.6. The molecule has 0 amide bonds. The monoisotopic (exact) mass is 587 g/mol. The molecule has 218 valence electrons. The van der Waals surface area contributed by atoms with Crippen molar-refractivity contribution in [2.45, 2.75) is 44.7 Å². The average Bonchev–Trinajstić information content (AvgIpc) is 2.96. The smallest absolute Gasteiger partial charge is 0.240 e. The summed E-state index contributed by atoms with van der Waals surface area (Å²) in [6.07, 6.45) is 2.19. The molecule has 0 aromatic heterocycles. The van der Waals surface area contributed by atoms with Crippen LogP contribution in [0.1, 0.15) is 37.5 Å². The zero-order valence-electron chi connectivity index (χ0n) is 24.5. The summed E-state index contributed by atoms with van der Waals surface area (Å²) in [5.74, 6) is 1.66. The number of anilines is 1. The van der Waals surface area contributed by atoms with Gasteiger partial charge in [0, 0.05) is 34.5 Å². The Hall–Kier alpha value is -4.30. The lowest BCUT2D eigenvalue weighted by Gasteiger charge is -2.33. The van der Waals surface area contributed by atoms with Crippen LogP contribution >= 0.6 is 0 Å². The first-order chi connectivity index (χ1) is 20.1. The van der Waals surface area contributed by atoms with Gasteiger partial charge < -0.3 is 23.7 Å². The molecule has 1 N–H and O–H groups in total. The van der Waals surface area contributed by atoms with E-state index in [0.717, 1.165) is 39.1 Å². The van der Waals surface area contributed by atoms with Crippen LogP contribution in [-0.4, -0.2) is 24.0 Å². The number of ether oxygens (including phenoxy) is 3. The van der Waals surface area contributed by atoms with Crippen LogP contribution in [-0.2, 0) is 17.7 Å². The van der Waals surface area contributed by atoms with E-state index in [-0.39, 0.29) is 18.0 Å². The lowest BCUT2D eigenvalue weighted by molar-refractivity contribution is 0.302. The molecular formula is C34H34FNO5S. The molecule has 0 saturated carbocycles. The third-order valence-electron chi connectivity index (χ3n) is 7.13. The van der Waals surface area contributed by atoms with E-state index in [1.54, 1.807) is 56.7 Å². The maximum absolute atomic E-state index is 14.1. The topological polar surface area (TPSA) is 66.0 Å². The summed E-state index contributed by atoms with van der Waals surface area (Å²) < 4.78 is 50.1. The SMILES string of the molecule is COc1cccc(S(=O)Oc2ccc(-c3ccc4c(c3COc3cc(F)ccc3C)C(C)=CC(C)(C)N4)c(OC)c2)c1. The van der Waals surface area contributed by atoms with Crippen LogP contribution in [0, 0.1) is 12.7 Å². The Bertz CT molecular complexity index is 1700. The summed E-state index contributed by atoms with van der Waals surface area (Å²) in [4.78, 5) is 0.483. The summed E-state index contributed by atoms with van der Waals surface area (Å²) >= 11 is -1.76. The Morgan fingerprint density at radius 2 is 1.64 bits per heavy atom. The van der Waals surface area contributed by atoms with Crippen molar-refractivity contribution in [3.05, 3.63) is 101 Å². The number of methoxy groups -OCH3 is 2. The molecule has 0 radical (unpaired) electrons. The zero-order valence-corrected chi connectivity index (χ0v) is 25.4. The van der Waals surface area contributed by atoms with E-state index < -0.39 is 11.1 Å². The maximum atomic E-state index is 14.1. The Kier molecular flexibility index (Phi) is 8.27. The molecule has 1 aliphatic rings. The highest BCUT2D eigenvalue weighted by Gasteiger charge is 2.27. The maximum Gasteiger partial charge on any atom is 0.240 e. The van der Waals surface area contributed by atoms with Crippen molar-refractivity contribution < 1.29 is 27.0 Å². The first kappa shape index (κ1) is 29.2. The van der Waals surface area contributed by atoms with Gasteiger partial charge in [0.15, 0.2) is 0 Å². The Balaban J connectivity index is 1.54. The molecule has 0 bridgehead atoms. The van der Waals surface area contributed by atoms with Gasteiger partial charge in [-0.05, 0) is 86.9 Å². The number of hydrogen-bond acceptors (Lipinski definition) is 6. The van der Waals surface area contributed by atoms with Crippen LogP contribution in [0.5, 0.6) is 23.0 Å². The van der Waals surface area contributed by atoms with Crippen LogP contribution in [0.15, 0.2) is 83.8 Å². The van der Waals surface area contributed by atoms with Crippen LogP contribution < -0.4 is 23.7 Å². The minimum Gasteiger partial charge on any atom is -0.497 e. The Morgan fingerprint density at radius 3 is 2.40 bits per heavy atom. The summed E-state index contributed by atoms with van der Waals surface area (Å²) in [5.41, 5.74) is 6.40. The highest BCUT2D eigenvalue weighted by Crippen LogP contribution is 2.43. The van der Waals surface area contributed by atoms with Crippen molar-refractivity contribution in [2.24, 2.45) is 0 Å². The predicted octanol–water partition coefficient (Wildman–Crippen LogP) is 8.11. The largest absolute Gasteiger partial charge is 0.497 e. The van der Waals surface area contributed by atoms with Crippen molar-refractivity contribution in [2.75, 3.05) is 19.5 Å². The second-order valence-corrected chi connectivity index (χ2v) is 11.9. The van der Waals surface area contributed by atoms with Crippen molar-refractivity contribution >= 4 is 22.3 Å². The molecule has 1 unspecified atom stereocenters. The molecule has 0 saturated heterocycles. The lowest BCUT2D eigenvalue weighted by atomic mass is 9.85. The molecule has 8 heteroatoms. The molecular weight excluding hydrogens is 553 g/mol. The Morgan fingerprint density at radius 1 is 0.857 bits per heavy atom. The molecule has 4 aromatic rings. The number of hydrogen-bond donors (Lipinski definition) is 1. The first-order valence-electron chi connectivity index (χ1n) is 13.5. The fourth-order valence-corrected chi connectivity index (χ4v) is 6.04. The molecule has 6 nitrogen and oxygen atoms in total. The van der Waals surface area contributed by atoms with Gasteiger partial charge in [-0.15, -0.1) is 0 Å². The van der Waals surface area contributed by atoms with Gasteiger partial charge in [0.05, 0.1) is 24.7 Å². The summed E-state index contributed by atoms with van der Waals surface area (Å²) in [5, 5.41) is 3.60. The molecule has 4 aromatic carbocycles. The van der Waals surface area contributed by atoms with Gasteiger partial charge in [-0.25, -0.2) is 8.60 Å². The summed E-state index contributed by atoms with van der Waals surface area (Å²) in [6, 6.07) is 20.9. The van der Waals surface area contributed by atoms with Crippen molar-refractivity contribution in [3.63, 3.8) is 0 Å². The van der Waals surface area contributed by atoms with Gasteiger partial charge >= 0.3 is 0 Å². The third kappa shape index (κ3) is 6.14. The second kappa shape index (κ2) is 11.9. The van der Waals surface area contributed by atoms with Crippen molar-refractivity contribution in [3.8, 4) is 34.1 Å². The highest BCUT2D eigenvalue weighted by molar-refractivity contribution is 7.80. The minimum atomic E-state index is -1.76. The molecule has 0 aliphatic carbocycles. The van der Waals surface area contributed by atoms with Crippen LogP contribution in [0.3, 0.4) is 0 Å². The third-order valence-corrected chi connectivity index (χ3v) is 8.12. The summed E-state index contributed by atoms with van der Waals surface area (Å²) in [6.45, 7) is 8.43. The summed E-state index contributed by atoms with van der Waals surface area (Å²) in [7, 11) is 3.14. The van der Waals surface area contributed by atoms with Gasteiger partial charge in [0.2, 0.25) is 11.1 Å². The van der Waals surface area contributed by atoms with Gasteiger partial charge in [0.1, 0.15) is 35.4 Å². The normalized spacial score (nSPS) is 14.2. The number of fused-ring (bicyclic) bond motifs is 1. The van der Waals surface area contributed by atoms with E-state index in [1.165, 1.54) is 12.1 Å². The number of allylic oxidation sites excluding steroid dienone is 1. The van der Waals surface area contributed by atoms with E-state index in [2.05, 4.69) is 38.2 Å². The van der Waals surface area contributed by atoms with Gasteiger partial charge in [0.25, 0.3) is 0 Å². The van der Waals surface area contributed by atoms with Crippen molar-refractivity contribution in [1.29, 1.82) is 0 Å². The molecule has 1 atom stereocenters. The molecule has 1 aliphatic heterocycles. The molecule has 0 spiro atoms. The second-order valence-electron chi connectivity index (χ2n) is 10.7. The van der Waals surface area contributed by atoms with E-state index in [9.17, 15) is 8.60 Å². The minimum absolute atomic E-state index is 0.206. The highest BCUT2D eigenvalue weighted by atomic mass is 32.2. The van der Waals surface area contributed by atoms with Crippen LogP contribution in [0.2, 0.25) is 0 Å². The van der Waals surface area contributed by atoms with E-state index in [0.29, 0.717) is 27.9 Å². The van der Waals surface area contributed by atoms with E-state index in [4.69, 9.17) is 18.4 Å². The Labute approximate surface area is 248 Å².